The first-order valence-electron chi connectivity index (χ1n) is 6.04. The van der Waals surface area contributed by atoms with Crippen molar-refractivity contribution in [3.8, 4) is 11.5 Å². The summed E-state index contributed by atoms with van der Waals surface area (Å²) in [4.78, 5) is 3.98. The van der Waals surface area contributed by atoms with Crippen molar-refractivity contribution in [3.63, 3.8) is 0 Å². The third-order valence-corrected chi connectivity index (χ3v) is 4.41. The molecule has 8 nitrogen and oxygen atoms in total. The van der Waals surface area contributed by atoms with Crippen LogP contribution in [0.25, 0.3) is 0 Å². The maximum atomic E-state index is 12.3. The van der Waals surface area contributed by atoms with E-state index >= 15 is 0 Å². The fourth-order valence-electron chi connectivity index (χ4n) is 1.81. The van der Waals surface area contributed by atoms with Gasteiger partial charge in [-0.2, -0.15) is 5.10 Å². The van der Waals surface area contributed by atoms with E-state index in [0.29, 0.717) is 22.9 Å². The summed E-state index contributed by atoms with van der Waals surface area (Å²) in [6.07, 6.45) is 1.31. The SMILES string of the molecule is COc1cc(C)c(S(=O)(=O)NCc2ncn[nH]2)cc1OC. The second-order valence-corrected chi connectivity index (χ2v) is 5.96. The van der Waals surface area contributed by atoms with Crippen LogP contribution in [0.4, 0.5) is 0 Å². The van der Waals surface area contributed by atoms with Gasteiger partial charge in [0.2, 0.25) is 10.0 Å². The lowest BCUT2D eigenvalue weighted by Crippen LogP contribution is -2.24. The van der Waals surface area contributed by atoms with Gasteiger partial charge < -0.3 is 9.47 Å². The minimum absolute atomic E-state index is 0.0239. The molecule has 2 N–H and O–H groups in total. The molecular weight excluding hydrogens is 296 g/mol. The molecule has 21 heavy (non-hydrogen) atoms. The molecule has 0 spiro atoms. The number of hydrogen-bond donors (Lipinski definition) is 2. The molecule has 0 saturated heterocycles. The lowest BCUT2D eigenvalue weighted by atomic mass is 10.2. The molecule has 0 aliphatic heterocycles. The van der Waals surface area contributed by atoms with Crippen LogP contribution in [0, 0.1) is 6.92 Å². The number of methoxy groups -OCH3 is 2. The van der Waals surface area contributed by atoms with Gasteiger partial charge in [0.1, 0.15) is 12.2 Å². The molecule has 0 bridgehead atoms. The number of ether oxygens (including phenoxy) is 2. The second kappa shape index (κ2) is 6.10. The molecule has 0 atom stereocenters. The van der Waals surface area contributed by atoms with Crippen molar-refractivity contribution in [2.24, 2.45) is 0 Å². The number of aromatic amines is 1. The van der Waals surface area contributed by atoms with Crippen LogP contribution in [0.15, 0.2) is 23.4 Å². The Bertz CT molecular complexity index is 713. The molecule has 114 valence electrons. The molecule has 2 rings (SSSR count). The van der Waals surface area contributed by atoms with Crippen LogP contribution in [-0.2, 0) is 16.6 Å². The van der Waals surface area contributed by atoms with Gasteiger partial charge in [-0.1, -0.05) is 0 Å². The van der Waals surface area contributed by atoms with Gasteiger partial charge in [-0.05, 0) is 18.6 Å². The first-order valence-corrected chi connectivity index (χ1v) is 7.52. The van der Waals surface area contributed by atoms with Crippen LogP contribution in [0.2, 0.25) is 0 Å². The van der Waals surface area contributed by atoms with Gasteiger partial charge in [-0.25, -0.2) is 18.1 Å². The highest BCUT2D eigenvalue weighted by Gasteiger charge is 2.20. The van der Waals surface area contributed by atoms with Gasteiger partial charge in [0.15, 0.2) is 11.5 Å². The minimum Gasteiger partial charge on any atom is -0.493 e. The Hall–Kier alpha value is -2.13. The topological polar surface area (TPSA) is 106 Å². The van der Waals surface area contributed by atoms with E-state index in [0.717, 1.165) is 0 Å². The molecule has 1 aromatic heterocycles. The van der Waals surface area contributed by atoms with Gasteiger partial charge >= 0.3 is 0 Å². The quantitative estimate of drug-likeness (QED) is 0.809. The number of aromatic nitrogens is 3. The lowest BCUT2D eigenvalue weighted by molar-refractivity contribution is 0.353. The van der Waals surface area contributed by atoms with Crippen molar-refractivity contribution in [2.75, 3.05) is 14.2 Å². The second-order valence-electron chi connectivity index (χ2n) is 4.23. The zero-order chi connectivity index (χ0) is 15.5. The molecule has 0 saturated carbocycles. The average molecular weight is 312 g/mol. The smallest absolute Gasteiger partial charge is 0.241 e. The maximum Gasteiger partial charge on any atom is 0.241 e. The molecule has 0 fully saturated rings. The van der Waals surface area contributed by atoms with Crippen molar-refractivity contribution in [3.05, 3.63) is 29.8 Å². The van der Waals surface area contributed by atoms with E-state index in [1.54, 1.807) is 13.0 Å². The van der Waals surface area contributed by atoms with Crippen molar-refractivity contribution in [1.82, 2.24) is 19.9 Å². The monoisotopic (exact) mass is 312 g/mol. The summed E-state index contributed by atoms with van der Waals surface area (Å²) in [6.45, 7) is 1.71. The van der Waals surface area contributed by atoms with E-state index in [4.69, 9.17) is 9.47 Å². The predicted octanol–water partition coefficient (Wildman–Crippen LogP) is 0.609. The van der Waals surface area contributed by atoms with Crippen LogP contribution in [-0.4, -0.2) is 37.8 Å². The summed E-state index contributed by atoms with van der Waals surface area (Å²) >= 11 is 0. The van der Waals surface area contributed by atoms with Gasteiger partial charge in [-0.3, -0.25) is 5.10 Å². The van der Waals surface area contributed by atoms with E-state index in [-0.39, 0.29) is 11.4 Å². The molecule has 2 aromatic rings. The molecule has 0 radical (unpaired) electrons. The number of rotatable bonds is 6. The van der Waals surface area contributed by atoms with E-state index in [2.05, 4.69) is 19.9 Å². The van der Waals surface area contributed by atoms with Gasteiger partial charge in [-0.15, -0.1) is 0 Å². The Kier molecular flexibility index (Phi) is 4.43. The fraction of sp³-hybridized carbons (Fsp3) is 0.333. The van der Waals surface area contributed by atoms with Crippen molar-refractivity contribution in [2.45, 2.75) is 18.4 Å². The molecule has 0 aliphatic carbocycles. The van der Waals surface area contributed by atoms with Crippen LogP contribution < -0.4 is 14.2 Å². The predicted molar refractivity (Wildman–Crippen MR) is 74.7 cm³/mol. The molecule has 0 unspecified atom stereocenters. The number of benzene rings is 1. The summed E-state index contributed by atoms with van der Waals surface area (Å²) in [5.74, 6) is 1.25. The molecule has 9 heteroatoms. The number of nitrogens with zero attached hydrogens (tertiary/aromatic N) is 2. The number of nitrogens with one attached hydrogen (secondary N) is 2. The summed E-state index contributed by atoms with van der Waals surface area (Å²) in [7, 11) is -0.754. The Labute approximate surface area is 122 Å². The van der Waals surface area contributed by atoms with Crippen molar-refractivity contribution < 1.29 is 17.9 Å². The molecule has 0 aliphatic rings. The standard InChI is InChI=1S/C12H16N4O4S/c1-8-4-9(19-2)10(20-3)5-11(8)21(17,18)15-6-12-13-7-14-16-12/h4-5,7,15H,6H2,1-3H3,(H,13,14,16). The number of sulfonamides is 1. The first kappa shape index (κ1) is 15.3. The van der Waals surface area contributed by atoms with Gasteiger partial charge in [0, 0.05) is 6.07 Å². The molecule has 0 amide bonds. The maximum absolute atomic E-state index is 12.3. The summed E-state index contributed by atoms with van der Waals surface area (Å²) < 4.78 is 37.4. The Morgan fingerprint density at radius 3 is 2.48 bits per heavy atom. The van der Waals surface area contributed by atoms with E-state index in [9.17, 15) is 8.42 Å². The highest BCUT2D eigenvalue weighted by atomic mass is 32.2. The largest absolute Gasteiger partial charge is 0.493 e. The van der Waals surface area contributed by atoms with E-state index < -0.39 is 10.0 Å². The average Bonchev–Trinajstić information content (AvgIpc) is 2.98. The highest BCUT2D eigenvalue weighted by molar-refractivity contribution is 7.89. The molecule has 1 heterocycles. The van der Waals surface area contributed by atoms with E-state index in [1.807, 2.05) is 0 Å². The van der Waals surface area contributed by atoms with Crippen LogP contribution in [0.1, 0.15) is 11.4 Å². The van der Waals surface area contributed by atoms with Crippen LogP contribution in [0.5, 0.6) is 11.5 Å². The zero-order valence-electron chi connectivity index (χ0n) is 11.9. The zero-order valence-corrected chi connectivity index (χ0v) is 12.7. The number of H-pyrrole nitrogens is 1. The molecular formula is C12H16N4O4S. The Morgan fingerprint density at radius 2 is 1.90 bits per heavy atom. The van der Waals surface area contributed by atoms with Crippen LogP contribution >= 0.6 is 0 Å². The number of aryl methyl sites for hydroxylation is 1. The molecule has 1 aromatic carbocycles. The Morgan fingerprint density at radius 1 is 1.24 bits per heavy atom. The van der Waals surface area contributed by atoms with Crippen molar-refractivity contribution >= 4 is 10.0 Å². The van der Waals surface area contributed by atoms with Gasteiger partial charge in [0.05, 0.1) is 25.7 Å². The summed E-state index contributed by atoms with van der Waals surface area (Å²) in [5, 5.41) is 6.24. The van der Waals surface area contributed by atoms with Crippen molar-refractivity contribution in [1.29, 1.82) is 0 Å². The first-order chi connectivity index (χ1) is 9.97. The normalized spacial score (nSPS) is 11.4. The lowest BCUT2D eigenvalue weighted by Gasteiger charge is -2.13. The number of hydrogen-bond acceptors (Lipinski definition) is 6. The Balaban J connectivity index is 2.31. The summed E-state index contributed by atoms with van der Waals surface area (Å²) in [6, 6.07) is 3.04. The minimum atomic E-state index is -3.70. The summed E-state index contributed by atoms with van der Waals surface area (Å²) in [5.41, 5.74) is 0.553. The third kappa shape index (κ3) is 3.31. The van der Waals surface area contributed by atoms with E-state index in [1.165, 1.54) is 26.6 Å². The van der Waals surface area contributed by atoms with Crippen LogP contribution in [0.3, 0.4) is 0 Å². The third-order valence-electron chi connectivity index (χ3n) is 2.87. The fourth-order valence-corrected chi connectivity index (χ4v) is 3.04. The van der Waals surface area contributed by atoms with Gasteiger partial charge in [0.25, 0.3) is 0 Å². The highest BCUT2D eigenvalue weighted by Crippen LogP contribution is 2.32.